The summed E-state index contributed by atoms with van der Waals surface area (Å²) in [6, 6.07) is 7.52. The van der Waals surface area contributed by atoms with Gasteiger partial charge in [0.1, 0.15) is 0 Å². The zero-order valence-corrected chi connectivity index (χ0v) is 13.6. The van der Waals surface area contributed by atoms with Crippen molar-refractivity contribution < 1.29 is 18.3 Å². The number of aromatic amines is 1. The molecule has 1 aliphatic rings. The van der Waals surface area contributed by atoms with Crippen molar-refractivity contribution in [3.63, 3.8) is 0 Å². The van der Waals surface area contributed by atoms with Gasteiger partial charge < -0.3 is 15.4 Å². The van der Waals surface area contributed by atoms with Crippen molar-refractivity contribution in [3.8, 4) is 0 Å². The lowest BCUT2D eigenvalue weighted by molar-refractivity contribution is -0.137. The number of aromatic nitrogens is 1. The van der Waals surface area contributed by atoms with Gasteiger partial charge in [0.15, 0.2) is 0 Å². The molecule has 7 heteroatoms. The minimum absolute atomic E-state index is 0.0645. The molecule has 1 aromatic carbocycles. The standard InChI is InChI=1S/C18H19F3N2O2/c1-11-9-17(25,13-2-4-14(5-3-13)18(19,20)21)10-15(23-11)12-6-7-22-16(24)8-12/h2-8,11,15,23,25H,9-10H2,1H3,(H,22,24)/t11-,15-,17?/m0/s1. The van der Waals surface area contributed by atoms with Gasteiger partial charge in [-0.3, -0.25) is 4.79 Å². The number of halogens is 3. The van der Waals surface area contributed by atoms with E-state index in [-0.39, 0.29) is 24.1 Å². The molecule has 0 amide bonds. The molecule has 0 aliphatic carbocycles. The van der Waals surface area contributed by atoms with Crippen molar-refractivity contribution in [3.05, 3.63) is 69.6 Å². The van der Waals surface area contributed by atoms with Crippen molar-refractivity contribution in [1.82, 2.24) is 10.3 Å². The number of nitrogens with one attached hydrogen (secondary N) is 2. The largest absolute Gasteiger partial charge is 0.416 e. The fourth-order valence-electron chi connectivity index (χ4n) is 3.49. The van der Waals surface area contributed by atoms with Crippen molar-refractivity contribution in [2.75, 3.05) is 0 Å². The molecule has 0 saturated carbocycles. The van der Waals surface area contributed by atoms with Gasteiger partial charge >= 0.3 is 6.18 Å². The van der Waals surface area contributed by atoms with E-state index in [2.05, 4.69) is 10.3 Å². The van der Waals surface area contributed by atoms with E-state index in [0.717, 1.165) is 17.7 Å². The average molecular weight is 352 g/mol. The van der Waals surface area contributed by atoms with Crippen LogP contribution in [0.2, 0.25) is 0 Å². The van der Waals surface area contributed by atoms with Gasteiger partial charge in [-0.25, -0.2) is 0 Å². The van der Waals surface area contributed by atoms with E-state index in [0.29, 0.717) is 12.0 Å². The molecule has 0 bridgehead atoms. The van der Waals surface area contributed by atoms with Crippen molar-refractivity contribution in [1.29, 1.82) is 0 Å². The Kier molecular flexibility index (Phi) is 4.47. The lowest BCUT2D eigenvalue weighted by Gasteiger charge is -2.41. The smallest absolute Gasteiger partial charge is 0.385 e. The summed E-state index contributed by atoms with van der Waals surface area (Å²) in [5.41, 5.74) is -1.06. The molecular formula is C18H19F3N2O2. The summed E-state index contributed by atoms with van der Waals surface area (Å²) in [7, 11) is 0. The molecule has 3 N–H and O–H groups in total. The van der Waals surface area contributed by atoms with E-state index < -0.39 is 17.3 Å². The molecule has 4 nitrogen and oxygen atoms in total. The maximum absolute atomic E-state index is 12.7. The predicted octanol–water partition coefficient (Wildman–Crippen LogP) is 3.09. The summed E-state index contributed by atoms with van der Waals surface area (Å²) in [4.78, 5) is 14.1. The molecular weight excluding hydrogens is 333 g/mol. The monoisotopic (exact) mass is 352 g/mol. The van der Waals surface area contributed by atoms with E-state index in [4.69, 9.17) is 0 Å². The number of benzene rings is 1. The molecule has 1 unspecified atom stereocenters. The van der Waals surface area contributed by atoms with Gasteiger partial charge in [0, 0.05) is 24.3 Å². The van der Waals surface area contributed by atoms with Crippen LogP contribution in [0.1, 0.15) is 42.5 Å². The molecule has 2 aromatic rings. The normalized spacial score (nSPS) is 27.2. The highest BCUT2D eigenvalue weighted by Crippen LogP contribution is 2.40. The summed E-state index contributed by atoms with van der Waals surface area (Å²) >= 11 is 0. The van der Waals surface area contributed by atoms with Crippen LogP contribution >= 0.6 is 0 Å². The van der Waals surface area contributed by atoms with Gasteiger partial charge in [0.05, 0.1) is 11.2 Å². The van der Waals surface area contributed by atoms with Crippen LogP contribution in [0.25, 0.3) is 0 Å². The van der Waals surface area contributed by atoms with Crippen LogP contribution in [-0.2, 0) is 11.8 Å². The van der Waals surface area contributed by atoms with Gasteiger partial charge in [0.25, 0.3) is 0 Å². The SMILES string of the molecule is C[C@H]1CC(O)(c2ccc(C(F)(F)F)cc2)C[C@@H](c2cc[nH]c(=O)c2)N1. The zero-order valence-electron chi connectivity index (χ0n) is 13.6. The Bertz CT molecular complexity index is 801. The average Bonchev–Trinajstić information content (AvgIpc) is 2.53. The molecule has 2 heterocycles. The van der Waals surface area contributed by atoms with Gasteiger partial charge in [-0.05, 0) is 49.1 Å². The quantitative estimate of drug-likeness (QED) is 0.778. The lowest BCUT2D eigenvalue weighted by Crippen LogP contribution is -2.47. The number of hydrogen-bond donors (Lipinski definition) is 3. The molecule has 1 fully saturated rings. The third-order valence-electron chi connectivity index (χ3n) is 4.62. The molecule has 0 radical (unpaired) electrons. The molecule has 1 saturated heterocycles. The number of rotatable bonds is 2. The number of alkyl halides is 3. The molecule has 3 atom stereocenters. The van der Waals surface area contributed by atoms with Crippen LogP contribution in [0.3, 0.4) is 0 Å². The highest BCUT2D eigenvalue weighted by molar-refractivity contribution is 5.31. The van der Waals surface area contributed by atoms with Crippen LogP contribution in [0, 0.1) is 0 Å². The van der Waals surface area contributed by atoms with E-state index in [9.17, 15) is 23.1 Å². The Labute approximate surface area is 142 Å². The molecule has 0 spiro atoms. The third kappa shape index (κ3) is 3.77. The minimum Gasteiger partial charge on any atom is -0.385 e. The zero-order chi connectivity index (χ0) is 18.2. The topological polar surface area (TPSA) is 65.1 Å². The Morgan fingerprint density at radius 2 is 1.84 bits per heavy atom. The fourth-order valence-corrected chi connectivity index (χ4v) is 3.49. The van der Waals surface area contributed by atoms with E-state index >= 15 is 0 Å². The van der Waals surface area contributed by atoms with Crippen LogP contribution in [-0.4, -0.2) is 16.1 Å². The molecule has 1 aromatic heterocycles. The van der Waals surface area contributed by atoms with Crippen LogP contribution in [0.5, 0.6) is 0 Å². The van der Waals surface area contributed by atoms with Gasteiger partial charge in [-0.1, -0.05) is 12.1 Å². The Morgan fingerprint density at radius 3 is 2.44 bits per heavy atom. The molecule has 1 aliphatic heterocycles. The second-order valence-corrected chi connectivity index (χ2v) is 6.62. The summed E-state index contributed by atoms with van der Waals surface area (Å²) in [5.74, 6) is 0. The number of pyridine rings is 1. The number of aliphatic hydroxyl groups is 1. The molecule has 134 valence electrons. The maximum atomic E-state index is 12.7. The Balaban J connectivity index is 1.90. The highest BCUT2D eigenvalue weighted by atomic mass is 19.4. The first kappa shape index (κ1) is 17.7. The minimum atomic E-state index is -4.41. The van der Waals surface area contributed by atoms with E-state index in [1.165, 1.54) is 24.4 Å². The Hall–Kier alpha value is -2.12. The Morgan fingerprint density at radius 1 is 1.16 bits per heavy atom. The fraction of sp³-hybridized carbons (Fsp3) is 0.389. The van der Waals surface area contributed by atoms with Crippen molar-refractivity contribution >= 4 is 0 Å². The van der Waals surface area contributed by atoms with E-state index in [1.54, 1.807) is 6.07 Å². The summed E-state index contributed by atoms with van der Waals surface area (Å²) in [6.45, 7) is 1.90. The van der Waals surface area contributed by atoms with Gasteiger partial charge in [0.2, 0.25) is 5.56 Å². The van der Waals surface area contributed by atoms with E-state index in [1.807, 2.05) is 6.92 Å². The summed E-state index contributed by atoms with van der Waals surface area (Å²) < 4.78 is 38.2. The van der Waals surface area contributed by atoms with Crippen LogP contribution < -0.4 is 10.9 Å². The number of H-pyrrole nitrogens is 1. The highest BCUT2D eigenvalue weighted by Gasteiger charge is 2.40. The lowest BCUT2D eigenvalue weighted by atomic mass is 9.77. The van der Waals surface area contributed by atoms with Gasteiger partial charge in [-0.2, -0.15) is 13.2 Å². The first-order chi connectivity index (χ1) is 11.7. The van der Waals surface area contributed by atoms with Gasteiger partial charge in [-0.15, -0.1) is 0 Å². The van der Waals surface area contributed by atoms with Crippen molar-refractivity contribution in [2.45, 2.75) is 43.6 Å². The van der Waals surface area contributed by atoms with Crippen LogP contribution in [0.15, 0.2) is 47.4 Å². The first-order valence-corrected chi connectivity index (χ1v) is 8.02. The predicted molar refractivity (Wildman–Crippen MR) is 87.0 cm³/mol. The second-order valence-electron chi connectivity index (χ2n) is 6.62. The maximum Gasteiger partial charge on any atom is 0.416 e. The summed E-state index contributed by atoms with van der Waals surface area (Å²) in [5, 5.41) is 14.4. The third-order valence-corrected chi connectivity index (χ3v) is 4.62. The molecule has 3 rings (SSSR count). The number of piperidine rings is 1. The first-order valence-electron chi connectivity index (χ1n) is 8.02. The molecule has 25 heavy (non-hydrogen) atoms. The van der Waals surface area contributed by atoms with Crippen LogP contribution in [0.4, 0.5) is 13.2 Å². The number of hydrogen-bond acceptors (Lipinski definition) is 3. The summed E-state index contributed by atoms with van der Waals surface area (Å²) in [6.07, 6.45) is -2.23. The second kappa shape index (κ2) is 6.31. The van der Waals surface area contributed by atoms with Crippen molar-refractivity contribution in [2.24, 2.45) is 0 Å².